The molecule has 1 heterocycles. The Morgan fingerprint density at radius 3 is 2.57 bits per heavy atom. The molecule has 0 aliphatic heterocycles. The maximum absolute atomic E-state index is 4.41. The van der Waals surface area contributed by atoms with Crippen LogP contribution in [0.4, 0.5) is 11.6 Å². The summed E-state index contributed by atoms with van der Waals surface area (Å²) in [6, 6.07) is 18.7. The number of nitrogens with one attached hydrogen (secondary N) is 1. The summed E-state index contributed by atoms with van der Waals surface area (Å²) >= 11 is 0. The maximum Gasteiger partial charge on any atom is 0.212 e. The van der Waals surface area contributed by atoms with Crippen molar-refractivity contribution >= 4 is 11.6 Å². The van der Waals surface area contributed by atoms with E-state index in [4.69, 9.17) is 0 Å². The first-order valence-corrected chi connectivity index (χ1v) is 7.20. The third-order valence-electron chi connectivity index (χ3n) is 3.49. The van der Waals surface area contributed by atoms with Crippen LogP contribution in [0.15, 0.2) is 67.0 Å². The molecule has 106 valence electrons. The molecule has 0 fully saturated rings. The molecular formula is C18H19N3. The summed E-state index contributed by atoms with van der Waals surface area (Å²) in [6.45, 7) is 4.41. The van der Waals surface area contributed by atoms with Crippen molar-refractivity contribution < 1.29 is 0 Å². The topological polar surface area (TPSA) is 29.9 Å². The van der Waals surface area contributed by atoms with Crippen LogP contribution in [0.2, 0.25) is 0 Å². The van der Waals surface area contributed by atoms with Crippen molar-refractivity contribution in [2.24, 2.45) is 0 Å². The number of hydrogen-bond acceptors (Lipinski definition) is 2. The quantitative estimate of drug-likeness (QED) is 0.746. The van der Waals surface area contributed by atoms with E-state index in [-0.39, 0.29) is 0 Å². The molecular weight excluding hydrogens is 258 g/mol. The van der Waals surface area contributed by atoms with Crippen LogP contribution in [0.1, 0.15) is 25.3 Å². The number of hydrogen-bond donors (Lipinski definition) is 1. The first-order valence-electron chi connectivity index (χ1n) is 7.20. The summed E-state index contributed by atoms with van der Waals surface area (Å²) in [6.07, 6.45) is 3.79. The van der Waals surface area contributed by atoms with E-state index < -0.39 is 0 Å². The van der Waals surface area contributed by atoms with Gasteiger partial charge in [0.1, 0.15) is 0 Å². The van der Waals surface area contributed by atoms with E-state index in [1.54, 1.807) is 0 Å². The molecule has 2 aromatic carbocycles. The van der Waals surface area contributed by atoms with Crippen molar-refractivity contribution in [3.8, 4) is 5.69 Å². The second kappa shape index (κ2) is 5.83. The molecule has 1 aromatic heterocycles. The van der Waals surface area contributed by atoms with Gasteiger partial charge in [0.2, 0.25) is 5.95 Å². The predicted molar refractivity (Wildman–Crippen MR) is 87.4 cm³/mol. The minimum atomic E-state index is 0.513. The van der Waals surface area contributed by atoms with Gasteiger partial charge in [0.25, 0.3) is 0 Å². The summed E-state index contributed by atoms with van der Waals surface area (Å²) in [7, 11) is 0. The summed E-state index contributed by atoms with van der Waals surface area (Å²) in [5, 5.41) is 3.35. The Morgan fingerprint density at radius 1 is 1.00 bits per heavy atom. The molecule has 0 spiro atoms. The van der Waals surface area contributed by atoms with E-state index in [0.29, 0.717) is 5.92 Å². The van der Waals surface area contributed by atoms with Crippen LogP contribution in [-0.4, -0.2) is 9.55 Å². The molecule has 0 atom stereocenters. The zero-order chi connectivity index (χ0) is 14.7. The number of benzene rings is 2. The zero-order valence-electron chi connectivity index (χ0n) is 12.3. The molecule has 1 N–H and O–H groups in total. The fourth-order valence-corrected chi connectivity index (χ4v) is 2.29. The highest BCUT2D eigenvalue weighted by Crippen LogP contribution is 2.22. The lowest BCUT2D eigenvalue weighted by Gasteiger charge is -2.12. The average Bonchev–Trinajstić information content (AvgIpc) is 2.96. The van der Waals surface area contributed by atoms with Crippen molar-refractivity contribution in [3.05, 3.63) is 72.6 Å². The van der Waals surface area contributed by atoms with E-state index in [2.05, 4.69) is 53.0 Å². The number of aromatic nitrogens is 2. The fraction of sp³-hybridized carbons (Fsp3) is 0.167. The highest BCUT2D eigenvalue weighted by atomic mass is 15.2. The van der Waals surface area contributed by atoms with Crippen LogP contribution < -0.4 is 5.32 Å². The molecule has 0 aliphatic rings. The molecule has 3 aromatic rings. The van der Waals surface area contributed by atoms with E-state index >= 15 is 0 Å². The highest BCUT2D eigenvalue weighted by molar-refractivity contribution is 5.56. The molecule has 0 unspecified atom stereocenters. The molecule has 0 saturated heterocycles. The Balaban J connectivity index is 1.94. The Bertz CT molecular complexity index is 714. The number of anilines is 2. The largest absolute Gasteiger partial charge is 0.325 e. The van der Waals surface area contributed by atoms with E-state index in [1.807, 2.05) is 42.7 Å². The number of rotatable bonds is 4. The highest BCUT2D eigenvalue weighted by Gasteiger charge is 2.07. The van der Waals surface area contributed by atoms with Gasteiger partial charge >= 0.3 is 0 Å². The van der Waals surface area contributed by atoms with Gasteiger partial charge < -0.3 is 5.32 Å². The normalized spacial score (nSPS) is 10.8. The number of imidazole rings is 1. The predicted octanol–water partition coefficient (Wildman–Crippen LogP) is 4.74. The van der Waals surface area contributed by atoms with Crippen LogP contribution in [0.25, 0.3) is 5.69 Å². The third-order valence-corrected chi connectivity index (χ3v) is 3.49. The Hall–Kier alpha value is -2.55. The first kappa shape index (κ1) is 13.4. The fourth-order valence-electron chi connectivity index (χ4n) is 2.29. The first-order chi connectivity index (χ1) is 10.2. The minimum absolute atomic E-state index is 0.513. The van der Waals surface area contributed by atoms with Crippen LogP contribution >= 0.6 is 0 Å². The maximum atomic E-state index is 4.41. The van der Waals surface area contributed by atoms with Gasteiger partial charge in [-0.1, -0.05) is 44.2 Å². The monoisotopic (exact) mass is 277 g/mol. The number of nitrogens with zero attached hydrogens (tertiary/aromatic N) is 2. The van der Waals surface area contributed by atoms with E-state index in [0.717, 1.165) is 17.3 Å². The zero-order valence-corrected chi connectivity index (χ0v) is 12.3. The molecule has 3 nitrogen and oxygen atoms in total. The van der Waals surface area contributed by atoms with Crippen molar-refractivity contribution in [1.82, 2.24) is 9.55 Å². The molecule has 21 heavy (non-hydrogen) atoms. The molecule has 3 rings (SSSR count). The van der Waals surface area contributed by atoms with Gasteiger partial charge in [-0.05, 0) is 35.7 Å². The van der Waals surface area contributed by atoms with Gasteiger partial charge in [-0.3, -0.25) is 4.57 Å². The smallest absolute Gasteiger partial charge is 0.212 e. The van der Waals surface area contributed by atoms with Crippen molar-refractivity contribution in [2.75, 3.05) is 5.32 Å². The van der Waals surface area contributed by atoms with Crippen LogP contribution in [0.3, 0.4) is 0 Å². The third kappa shape index (κ3) is 2.97. The van der Waals surface area contributed by atoms with Crippen LogP contribution in [0, 0.1) is 0 Å². The minimum Gasteiger partial charge on any atom is -0.325 e. The SMILES string of the molecule is CC(C)c1cccc(-n2ccnc2Nc2ccccc2)c1. The molecule has 0 radical (unpaired) electrons. The number of para-hydroxylation sites is 1. The Labute approximate surface area is 125 Å². The van der Waals surface area contributed by atoms with Crippen molar-refractivity contribution in [2.45, 2.75) is 19.8 Å². The lowest BCUT2D eigenvalue weighted by Crippen LogP contribution is -2.01. The lowest BCUT2D eigenvalue weighted by molar-refractivity contribution is 0.863. The molecule has 0 saturated carbocycles. The molecule has 0 aliphatic carbocycles. The van der Waals surface area contributed by atoms with Gasteiger partial charge in [-0.2, -0.15) is 0 Å². The molecule has 0 bridgehead atoms. The van der Waals surface area contributed by atoms with Gasteiger partial charge in [0.15, 0.2) is 0 Å². The summed E-state index contributed by atoms with van der Waals surface area (Å²) in [5.74, 6) is 1.33. The standard InChI is InChI=1S/C18H19N3/c1-14(2)15-7-6-10-17(13-15)21-12-11-19-18(21)20-16-8-4-3-5-9-16/h3-14H,1-2H3,(H,19,20). The van der Waals surface area contributed by atoms with Crippen molar-refractivity contribution in [3.63, 3.8) is 0 Å². The van der Waals surface area contributed by atoms with Gasteiger partial charge in [0.05, 0.1) is 0 Å². The average molecular weight is 277 g/mol. The van der Waals surface area contributed by atoms with Gasteiger partial charge in [-0.25, -0.2) is 4.98 Å². The van der Waals surface area contributed by atoms with Crippen LogP contribution in [-0.2, 0) is 0 Å². The summed E-state index contributed by atoms with van der Waals surface area (Å²) in [4.78, 5) is 4.41. The lowest BCUT2D eigenvalue weighted by atomic mass is 10.0. The Kier molecular flexibility index (Phi) is 3.73. The van der Waals surface area contributed by atoms with Gasteiger partial charge in [0, 0.05) is 23.8 Å². The van der Waals surface area contributed by atoms with Crippen LogP contribution in [0.5, 0.6) is 0 Å². The molecule has 0 amide bonds. The van der Waals surface area contributed by atoms with E-state index in [1.165, 1.54) is 5.56 Å². The van der Waals surface area contributed by atoms with Crippen molar-refractivity contribution in [1.29, 1.82) is 0 Å². The molecule has 3 heteroatoms. The summed E-state index contributed by atoms with van der Waals surface area (Å²) in [5.41, 5.74) is 3.48. The second-order valence-corrected chi connectivity index (χ2v) is 5.36. The van der Waals surface area contributed by atoms with E-state index in [9.17, 15) is 0 Å². The Morgan fingerprint density at radius 2 is 1.81 bits per heavy atom. The van der Waals surface area contributed by atoms with Gasteiger partial charge in [-0.15, -0.1) is 0 Å². The summed E-state index contributed by atoms with van der Waals surface area (Å²) < 4.78 is 2.07. The second-order valence-electron chi connectivity index (χ2n) is 5.36.